The van der Waals surface area contributed by atoms with Crippen molar-refractivity contribution in [1.29, 1.82) is 0 Å². The highest BCUT2D eigenvalue weighted by Crippen LogP contribution is 2.63. The lowest BCUT2D eigenvalue weighted by molar-refractivity contribution is 0.0812. The first-order valence-corrected chi connectivity index (χ1v) is 13.4. The number of ether oxygens (including phenoxy) is 1. The molecule has 0 unspecified atom stereocenters. The third kappa shape index (κ3) is 3.42. The molecule has 0 saturated heterocycles. The molecule has 4 atom stereocenters. The van der Waals surface area contributed by atoms with Crippen molar-refractivity contribution in [2.75, 3.05) is 7.11 Å². The molecule has 0 heterocycles. The van der Waals surface area contributed by atoms with Crippen molar-refractivity contribution in [3.05, 3.63) is 81.2 Å². The quantitative estimate of drug-likeness (QED) is 0.493. The second-order valence-corrected chi connectivity index (χ2v) is 12.1. The van der Waals surface area contributed by atoms with Crippen LogP contribution in [0.2, 0.25) is 0 Å². The summed E-state index contributed by atoms with van der Waals surface area (Å²) in [4.78, 5) is 3.89. The number of hydrogen-bond donors (Lipinski definition) is 0. The Labute approximate surface area is 197 Å². The second kappa shape index (κ2) is 8.02. The summed E-state index contributed by atoms with van der Waals surface area (Å²) in [6.07, 6.45) is 5.81. The topological polar surface area (TPSA) is 47.7 Å². The zero-order chi connectivity index (χ0) is 23.4. The third-order valence-corrected chi connectivity index (χ3v) is 10.4. The number of rotatable bonds is 3. The van der Waals surface area contributed by atoms with Crippen LogP contribution in [0, 0.1) is 30.7 Å². The van der Waals surface area contributed by atoms with Gasteiger partial charge in [0.2, 0.25) is 9.84 Å². The highest BCUT2D eigenvalue weighted by Gasteiger charge is 2.54. The first-order chi connectivity index (χ1) is 15.8. The van der Waals surface area contributed by atoms with Crippen LogP contribution < -0.4 is 4.74 Å². The fourth-order valence-corrected chi connectivity index (χ4v) is 8.47. The van der Waals surface area contributed by atoms with E-state index >= 15 is 0 Å². The van der Waals surface area contributed by atoms with Crippen LogP contribution in [0.1, 0.15) is 61.6 Å². The monoisotopic (exact) mass is 461 g/mol. The van der Waals surface area contributed by atoms with Crippen LogP contribution in [-0.2, 0) is 16.3 Å². The van der Waals surface area contributed by atoms with Gasteiger partial charge in [-0.2, -0.15) is 0 Å². The maximum absolute atomic E-state index is 13.5. The lowest BCUT2D eigenvalue weighted by Gasteiger charge is -2.50. The third-order valence-electron chi connectivity index (χ3n) is 8.66. The maximum Gasteiger partial charge on any atom is 0.282 e. The molecule has 2 fully saturated rings. The second-order valence-electron chi connectivity index (χ2n) is 10.2. The van der Waals surface area contributed by atoms with Crippen molar-refractivity contribution in [2.24, 2.45) is 17.3 Å². The number of fused-ring (bicyclic) bond motifs is 5. The van der Waals surface area contributed by atoms with Gasteiger partial charge in [-0.3, -0.25) is 0 Å². The zero-order valence-electron chi connectivity index (χ0n) is 19.6. The fraction of sp³-hybridized carbons (Fsp3) is 0.464. The summed E-state index contributed by atoms with van der Waals surface area (Å²) in [7, 11) is -2.10. The van der Waals surface area contributed by atoms with Crippen molar-refractivity contribution in [3.63, 3.8) is 0 Å². The van der Waals surface area contributed by atoms with Gasteiger partial charge in [-0.05, 0) is 110 Å². The summed E-state index contributed by atoms with van der Waals surface area (Å²) in [6.45, 7) is 12.0. The number of aryl methyl sites for hydroxylation is 2. The lowest BCUT2D eigenvalue weighted by atomic mass is 9.55. The Hall–Kier alpha value is -2.58. The van der Waals surface area contributed by atoms with E-state index in [0.717, 1.165) is 49.0 Å². The molecule has 4 nitrogen and oxygen atoms in total. The molecule has 33 heavy (non-hydrogen) atoms. The lowest BCUT2D eigenvalue weighted by Crippen LogP contribution is -2.40. The molecule has 172 valence electrons. The zero-order valence-corrected chi connectivity index (χ0v) is 20.4. The summed E-state index contributed by atoms with van der Waals surface area (Å²) >= 11 is 0. The molecule has 0 radical (unpaired) electrons. The van der Waals surface area contributed by atoms with Crippen LogP contribution in [0.5, 0.6) is 5.75 Å². The van der Waals surface area contributed by atoms with Crippen molar-refractivity contribution in [2.45, 2.75) is 63.2 Å². The van der Waals surface area contributed by atoms with Crippen LogP contribution in [-0.4, -0.2) is 15.5 Å². The smallest absolute Gasteiger partial charge is 0.282 e. The van der Waals surface area contributed by atoms with Crippen LogP contribution in [0.3, 0.4) is 0 Å². The Morgan fingerprint density at radius 3 is 2.55 bits per heavy atom. The van der Waals surface area contributed by atoms with Crippen molar-refractivity contribution in [3.8, 4) is 5.75 Å². The largest absolute Gasteiger partial charge is 0.497 e. The summed E-state index contributed by atoms with van der Waals surface area (Å²) < 4.78 is 32.4. The van der Waals surface area contributed by atoms with Crippen molar-refractivity contribution >= 4 is 9.84 Å². The van der Waals surface area contributed by atoms with Gasteiger partial charge in [-0.15, -0.1) is 0 Å². The molecule has 2 saturated carbocycles. The summed E-state index contributed by atoms with van der Waals surface area (Å²) in [5, 5.41) is -0.0178. The molecule has 0 bridgehead atoms. The van der Waals surface area contributed by atoms with E-state index in [1.54, 1.807) is 31.4 Å². The normalized spacial score (nSPS) is 29.9. The minimum atomic E-state index is -3.81. The first-order valence-electron chi connectivity index (χ1n) is 11.9. The average molecular weight is 462 g/mol. The summed E-state index contributed by atoms with van der Waals surface area (Å²) in [5.41, 5.74) is 4.51. The minimum absolute atomic E-state index is 0.0178. The molecule has 0 aliphatic heterocycles. The van der Waals surface area contributed by atoms with Gasteiger partial charge in [0.15, 0.2) is 0 Å². The molecule has 5 rings (SSSR count). The average Bonchev–Trinajstić information content (AvgIpc) is 3.16. The number of benzene rings is 2. The number of allylic oxidation sites excluding steroid dienone is 1. The highest BCUT2D eigenvalue weighted by molar-refractivity contribution is 7.95. The van der Waals surface area contributed by atoms with Crippen LogP contribution >= 0.6 is 0 Å². The fourth-order valence-electron chi connectivity index (χ4n) is 6.97. The molecule has 0 N–H and O–H groups in total. The van der Waals surface area contributed by atoms with Crippen LogP contribution in [0.4, 0.5) is 0 Å². The van der Waals surface area contributed by atoms with E-state index in [2.05, 4.69) is 30.0 Å². The van der Waals surface area contributed by atoms with E-state index < -0.39 is 9.84 Å². The maximum atomic E-state index is 13.5. The van der Waals surface area contributed by atoms with E-state index in [0.29, 0.717) is 24.2 Å². The molecule has 0 aromatic heterocycles. The standard InChI is InChI=1S/C28H31NO3S/c1-18-5-9-21(10-6-18)33(30,31)27(29-3)26-14-13-25-24-11-7-19-17-20(32-4)8-12-22(19)23(24)15-16-28(25,26)2/h5-6,8-10,12,17,23-25H,7,11,13-16H2,1-2,4H3/b27-26+/t23-,24-,25+,28+/m1/s1. The minimum Gasteiger partial charge on any atom is -0.497 e. The number of hydrogen-bond acceptors (Lipinski definition) is 3. The molecule has 2 aromatic rings. The van der Waals surface area contributed by atoms with Crippen LogP contribution in [0.15, 0.2) is 58.0 Å². The van der Waals surface area contributed by atoms with Gasteiger partial charge in [0.05, 0.1) is 18.6 Å². The molecule has 3 aliphatic carbocycles. The molecule has 0 spiro atoms. The summed E-state index contributed by atoms with van der Waals surface area (Å²) in [5.74, 6) is 2.40. The van der Waals surface area contributed by atoms with E-state index in [4.69, 9.17) is 11.3 Å². The van der Waals surface area contributed by atoms with Gasteiger partial charge in [0.1, 0.15) is 5.75 Å². The first kappa shape index (κ1) is 22.2. The molecule has 0 amide bonds. The number of nitrogens with zero attached hydrogens (tertiary/aromatic N) is 1. The molecule has 5 heteroatoms. The SMILES string of the molecule is [C-]#[N+]/C(=C1/CC[C@H]2[C@@H]3CCc4cc(OC)ccc4[C@H]3CC[C@]12C)S(=O)(=O)c1ccc(C)cc1. The Morgan fingerprint density at radius 1 is 1.09 bits per heavy atom. The van der Waals surface area contributed by atoms with Gasteiger partial charge in [0, 0.05) is 0 Å². The van der Waals surface area contributed by atoms with Gasteiger partial charge >= 0.3 is 0 Å². The Kier molecular flexibility index (Phi) is 5.40. The van der Waals surface area contributed by atoms with E-state index in [1.165, 1.54) is 11.1 Å². The van der Waals surface area contributed by atoms with Gasteiger partial charge < -0.3 is 4.74 Å². The van der Waals surface area contributed by atoms with E-state index in [9.17, 15) is 8.42 Å². The molecule has 2 aromatic carbocycles. The van der Waals surface area contributed by atoms with Gasteiger partial charge in [-0.25, -0.2) is 13.3 Å². The van der Waals surface area contributed by atoms with Crippen molar-refractivity contribution in [1.82, 2.24) is 0 Å². The van der Waals surface area contributed by atoms with Gasteiger partial charge in [0.25, 0.3) is 5.03 Å². The van der Waals surface area contributed by atoms with E-state index in [1.807, 2.05) is 6.92 Å². The number of methoxy groups -OCH3 is 1. The Morgan fingerprint density at radius 2 is 1.85 bits per heavy atom. The predicted octanol–water partition coefficient (Wildman–Crippen LogP) is 6.46. The van der Waals surface area contributed by atoms with Gasteiger partial charge in [-0.1, -0.05) is 30.7 Å². The Bertz CT molecular complexity index is 1270. The van der Waals surface area contributed by atoms with Crippen molar-refractivity contribution < 1.29 is 13.2 Å². The van der Waals surface area contributed by atoms with Crippen LogP contribution in [0.25, 0.3) is 4.85 Å². The Balaban J connectivity index is 1.52. The summed E-state index contributed by atoms with van der Waals surface area (Å²) in [6, 6.07) is 13.4. The number of sulfone groups is 1. The molecule has 3 aliphatic rings. The molecular weight excluding hydrogens is 430 g/mol. The molecular formula is C28H31NO3S. The highest BCUT2D eigenvalue weighted by atomic mass is 32.2. The predicted molar refractivity (Wildman–Crippen MR) is 130 cm³/mol. The van der Waals surface area contributed by atoms with E-state index in [-0.39, 0.29) is 15.3 Å².